The lowest BCUT2D eigenvalue weighted by molar-refractivity contribution is -0.522. The van der Waals surface area contributed by atoms with Crippen LogP contribution in [0.5, 0.6) is 0 Å². The molecular formula is C17H17NO3. The standard InChI is InChI=1S/C17H17NO3/c1-13(18(20)21)16(14-8-4-2-5-9-14)12-17(19)15-10-6-3-7-11-15/h2-11,13,16H,12H2,1H3/t13-,16+/m1/s1. The van der Waals surface area contributed by atoms with Crippen LogP contribution >= 0.6 is 0 Å². The molecule has 0 aliphatic carbocycles. The largest absolute Gasteiger partial charge is 0.294 e. The van der Waals surface area contributed by atoms with Crippen LogP contribution in [0.4, 0.5) is 0 Å². The van der Waals surface area contributed by atoms with Gasteiger partial charge in [-0.1, -0.05) is 60.7 Å². The van der Waals surface area contributed by atoms with Crippen LogP contribution in [-0.2, 0) is 0 Å². The number of rotatable bonds is 6. The summed E-state index contributed by atoms with van der Waals surface area (Å²) in [6.45, 7) is 1.55. The average molecular weight is 283 g/mol. The Kier molecular flexibility index (Phi) is 4.82. The highest BCUT2D eigenvalue weighted by molar-refractivity contribution is 5.96. The first-order valence-electron chi connectivity index (χ1n) is 6.86. The van der Waals surface area contributed by atoms with Gasteiger partial charge in [0.2, 0.25) is 6.04 Å². The van der Waals surface area contributed by atoms with Crippen molar-refractivity contribution in [3.8, 4) is 0 Å². The Morgan fingerprint density at radius 2 is 1.57 bits per heavy atom. The fourth-order valence-corrected chi connectivity index (χ4v) is 2.36. The van der Waals surface area contributed by atoms with E-state index in [0.717, 1.165) is 5.56 Å². The van der Waals surface area contributed by atoms with Crippen molar-refractivity contribution < 1.29 is 9.72 Å². The van der Waals surface area contributed by atoms with Gasteiger partial charge in [0.05, 0.1) is 5.92 Å². The van der Waals surface area contributed by atoms with Gasteiger partial charge >= 0.3 is 0 Å². The number of hydrogen-bond acceptors (Lipinski definition) is 3. The summed E-state index contributed by atoms with van der Waals surface area (Å²) in [6, 6.07) is 17.3. The number of nitrogens with zero attached hydrogens (tertiary/aromatic N) is 1. The number of hydrogen-bond donors (Lipinski definition) is 0. The van der Waals surface area contributed by atoms with Gasteiger partial charge in [0, 0.05) is 23.8 Å². The molecule has 2 aromatic carbocycles. The Morgan fingerprint density at radius 3 is 2.10 bits per heavy atom. The predicted molar refractivity (Wildman–Crippen MR) is 81.0 cm³/mol. The summed E-state index contributed by atoms with van der Waals surface area (Å²) >= 11 is 0. The third-order valence-electron chi connectivity index (χ3n) is 3.64. The Balaban J connectivity index is 2.25. The van der Waals surface area contributed by atoms with E-state index in [1.165, 1.54) is 0 Å². The first-order valence-corrected chi connectivity index (χ1v) is 6.86. The summed E-state index contributed by atoms with van der Waals surface area (Å²) in [7, 11) is 0. The maximum Gasteiger partial charge on any atom is 0.217 e. The molecular weight excluding hydrogens is 266 g/mol. The zero-order valence-electron chi connectivity index (χ0n) is 11.8. The summed E-state index contributed by atoms with van der Waals surface area (Å²) in [5.74, 6) is -0.493. The van der Waals surface area contributed by atoms with E-state index in [4.69, 9.17) is 0 Å². The highest BCUT2D eigenvalue weighted by Gasteiger charge is 2.30. The van der Waals surface area contributed by atoms with Crippen molar-refractivity contribution in [3.63, 3.8) is 0 Å². The minimum atomic E-state index is -0.805. The molecule has 0 aromatic heterocycles. The lowest BCUT2D eigenvalue weighted by atomic mass is 9.86. The Morgan fingerprint density at radius 1 is 1.05 bits per heavy atom. The average Bonchev–Trinajstić information content (AvgIpc) is 2.53. The quantitative estimate of drug-likeness (QED) is 0.461. The number of nitro groups is 1. The second-order valence-electron chi connectivity index (χ2n) is 5.04. The van der Waals surface area contributed by atoms with Gasteiger partial charge in [0.25, 0.3) is 0 Å². The van der Waals surface area contributed by atoms with Crippen molar-refractivity contribution >= 4 is 5.78 Å². The van der Waals surface area contributed by atoms with Crippen LogP contribution in [0.2, 0.25) is 0 Å². The van der Waals surface area contributed by atoms with Crippen molar-refractivity contribution in [3.05, 3.63) is 81.9 Å². The molecule has 0 saturated carbocycles. The molecule has 4 nitrogen and oxygen atoms in total. The van der Waals surface area contributed by atoms with E-state index in [2.05, 4.69) is 0 Å². The molecule has 0 fully saturated rings. The molecule has 0 spiro atoms. The van der Waals surface area contributed by atoms with Crippen molar-refractivity contribution in [1.29, 1.82) is 0 Å². The van der Waals surface area contributed by atoms with Gasteiger partial charge in [-0.2, -0.15) is 0 Å². The Labute approximate surface area is 123 Å². The van der Waals surface area contributed by atoms with Crippen molar-refractivity contribution in [2.75, 3.05) is 0 Å². The lowest BCUT2D eigenvalue weighted by Crippen LogP contribution is -2.26. The lowest BCUT2D eigenvalue weighted by Gasteiger charge is -2.18. The van der Waals surface area contributed by atoms with E-state index < -0.39 is 12.0 Å². The molecule has 2 aromatic rings. The van der Waals surface area contributed by atoms with Gasteiger partial charge in [-0.25, -0.2) is 0 Å². The van der Waals surface area contributed by atoms with E-state index in [0.29, 0.717) is 5.56 Å². The number of Topliss-reactive ketones (excluding diaryl/α,β-unsaturated/α-hetero) is 1. The van der Waals surface area contributed by atoms with Crippen molar-refractivity contribution in [2.24, 2.45) is 0 Å². The Hall–Kier alpha value is -2.49. The molecule has 2 atom stereocenters. The summed E-state index contributed by atoms with van der Waals surface area (Å²) < 4.78 is 0. The molecule has 0 unspecified atom stereocenters. The van der Waals surface area contributed by atoms with E-state index >= 15 is 0 Å². The molecule has 0 saturated heterocycles. The molecule has 0 N–H and O–H groups in total. The molecule has 0 aliphatic rings. The maximum absolute atomic E-state index is 12.3. The Bertz CT molecular complexity index is 610. The van der Waals surface area contributed by atoms with Crippen molar-refractivity contribution in [1.82, 2.24) is 0 Å². The third-order valence-corrected chi connectivity index (χ3v) is 3.64. The first-order chi connectivity index (χ1) is 10.1. The van der Waals surface area contributed by atoms with E-state index in [1.54, 1.807) is 31.2 Å². The van der Waals surface area contributed by atoms with Crippen LogP contribution in [0.3, 0.4) is 0 Å². The molecule has 0 amide bonds. The van der Waals surface area contributed by atoms with Crippen LogP contribution in [-0.4, -0.2) is 16.7 Å². The fourth-order valence-electron chi connectivity index (χ4n) is 2.36. The summed E-state index contributed by atoms with van der Waals surface area (Å²) in [5, 5.41) is 11.1. The summed E-state index contributed by atoms with van der Waals surface area (Å²) in [5.41, 5.74) is 1.42. The number of benzene rings is 2. The number of carbonyl (C=O) groups is 1. The third kappa shape index (κ3) is 3.75. The van der Waals surface area contributed by atoms with Crippen LogP contribution in [0.15, 0.2) is 60.7 Å². The topological polar surface area (TPSA) is 60.2 Å². The summed E-state index contributed by atoms with van der Waals surface area (Å²) in [4.78, 5) is 23.1. The van der Waals surface area contributed by atoms with E-state index in [1.807, 2.05) is 36.4 Å². The molecule has 0 aliphatic heterocycles. The van der Waals surface area contributed by atoms with Gasteiger partial charge in [0.1, 0.15) is 0 Å². The SMILES string of the molecule is C[C@H]([C@H](CC(=O)c1ccccc1)c1ccccc1)[N+](=O)[O-]. The van der Waals surface area contributed by atoms with Crippen LogP contribution in [0.1, 0.15) is 35.2 Å². The summed E-state index contributed by atoms with van der Waals surface area (Å²) in [6.07, 6.45) is 0.135. The van der Waals surface area contributed by atoms with Crippen LogP contribution in [0.25, 0.3) is 0 Å². The molecule has 21 heavy (non-hydrogen) atoms. The smallest absolute Gasteiger partial charge is 0.217 e. The zero-order valence-corrected chi connectivity index (χ0v) is 11.8. The van der Waals surface area contributed by atoms with Crippen molar-refractivity contribution in [2.45, 2.75) is 25.3 Å². The molecule has 0 radical (unpaired) electrons. The first kappa shape index (κ1) is 14.9. The van der Waals surface area contributed by atoms with E-state index in [9.17, 15) is 14.9 Å². The minimum Gasteiger partial charge on any atom is -0.294 e. The highest BCUT2D eigenvalue weighted by atomic mass is 16.6. The molecule has 0 heterocycles. The second-order valence-corrected chi connectivity index (χ2v) is 5.04. The normalized spacial score (nSPS) is 13.4. The minimum absolute atomic E-state index is 0.0712. The van der Waals surface area contributed by atoms with Gasteiger partial charge < -0.3 is 0 Å². The monoisotopic (exact) mass is 283 g/mol. The molecule has 108 valence electrons. The van der Waals surface area contributed by atoms with Gasteiger partial charge in [-0.05, 0) is 5.56 Å². The predicted octanol–water partition coefficient (Wildman–Crippen LogP) is 3.71. The zero-order chi connectivity index (χ0) is 15.2. The fraction of sp³-hybridized carbons (Fsp3) is 0.235. The number of ketones is 1. The molecule has 2 rings (SSSR count). The van der Waals surface area contributed by atoms with Gasteiger partial charge in [-0.15, -0.1) is 0 Å². The maximum atomic E-state index is 12.3. The second kappa shape index (κ2) is 6.79. The highest BCUT2D eigenvalue weighted by Crippen LogP contribution is 2.26. The van der Waals surface area contributed by atoms with Crippen LogP contribution in [0, 0.1) is 10.1 Å². The van der Waals surface area contributed by atoms with E-state index in [-0.39, 0.29) is 17.1 Å². The van der Waals surface area contributed by atoms with Gasteiger partial charge in [0.15, 0.2) is 5.78 Å². The number of carbonyl (C=O) groups excluding carboxylic acids is 1. The van der Waals surface area contributed by atoms with Gasteiger partial charge in [-0.3, -0.25) is 14.9 Å². The molecule has 0 bridgehead atoms. The van der Waals surface area contributed by atoms with Crippen LogP contribution < -0.4 is 0 Å². The molecule has 4 heteroatoms.